The van der Waals surface area contributed by atoms with E-state index in [0.717, 1.165) is 0 Å². The van der Waals surface area contributed by atoms with Gasteiger partial charge in [-0.2, -0.15) is 0 Å². The van der Waals surface area contributed by atoms with Crippen LogP contribution in [0.5, 0.6) is 0 Å². The third-order valence-corrected chi connectivity index (χ3v) is 3.05. The Hall–Kier alpha value is -0.810. The van der Waals surface area contributed by atoms with Gasteiger partial charge in [-0.15, -0.1) is 0 Å². The van der Waals surface area contributed by atoms with Crippen molar-refractivity contribution in [1.82, 2.24) is 4.72 Å². The fraction of sp³-hybridized carbons (Fsp3) is 0.556. The smallest absolute Gasteiger partial charge is 0.274 e. The fourth-order valence-electron chi connectivity index (χ4n) is 1.01. The molecule has 0 bridgehead atoms. The summed E-state index contributed by atoms with van der Waals surface area (Å²) in [5, 5.41) is -0.0371. The van der Waals surface area contributed by atoms with E-state index in [1.165, 1.54) is 6.07 Å². The van der Waals surface area contributed by atoms with Crippen LogP contribution in [0.2, 0.25) is 0 Å². The zero-order valence-corrected chi connectivity index (χ0v) is 9.60. The average molecular weight is 217 g/mol. The zero-order chi connectivity index (χ0) is 11.0. The highest BCUT2D eigenvalue weighted by atomic mass is 32.2. The first-order chi connectivity index (χ1) is 6.21. The molecular weight excluding hydrogens is 202 g/mol. The highest BCUT2D eigenvalue weighted by Gasteiger charge is 2.24. The molecule has 0 saturated heterocycles. The molecule has 1 N–H and O–H groups in total. The molecule has 1 aromatic heterocycles. The number of hydrogen-bond donors (Lipinski definition) is 1. The van der Waals surface area contributed by atoms with Crippen LogP contribution < -0.4 is 4.72 Å². The fourth-order valence-corrected chi connectivity index (χ4v) is 2.41. The molecular formula is C9H15NO3S. The van der Waals surface area contributed by atoms with Crippen LogP contribution in [0.25, 0.3) is 0 Å². The van der Waals surface area contributed by atoms with E-state index in [1.807, 2.05) is 0 Å². The highest BCUT2D eigenvalue weighted by molar-refractivity contribution is 7.89. The van der Waals surface area contributed by atoms with Crippen molar-refractivity contribution in [3.05, 3.63) is 17.9 Å². The molecule has 80 valence electrons. The van der Waals surface area contributed by atoms with Gasteiger partial charge in [-0.3, -0.25) is 0 Å². The van der Waals surface area contributed by atoms with E-state index < -0.39 is 15.6 Å². The van der Waals surface area contributed by atoms with E-state index >= 15 is 0 Å². The molecule has 4 nitrogen and oxygen atoms in total. The average Bonchev–Trinajstić information content (AvgIpc) is 2.29. The molecule has 5 heteroatoms. The normalized spacial score (nSPS) is 13.1. The summed E-state index contributed by atoms with van der Waals surface area (Å²) in [6.07, 6.45) is 0. The molecule has 1 aromatic rings. The molecule has 0 aromatic carbocycles. The second-order valence-electron chi connectivity index (χ2n) is 4.22. The molecule has 0 radical (unpaired) electrons. The Morgan fingerprint density at radius 1 is 1.29 bits per heavy atom. The summed E-state index contributed by atoms with van der Waals surface area (Å²) < 4.78 is 30.9. The number of rotatable bonds is 2. The summed E-state index contributed by atoms with van der Waals surface area (Å²) in [7, 11) is -3.51. The van der Waals surface area contributed by atoms with Crippen molar-refractivity contribution < 1.29 is 12.8 Å². The summed E-state index contributed by atoms with van der Waals surface area (Å²) in [5.74, 6) is 0.583. The first-order valence-corrected chi connectivity index (χ1v) is 5.79. The Labute approximate surface area is 84.4 Å². The van der Waals surface area contributed by atoms with Crippen molar-refractivity contribution in [3.8, 4) is 0 Å². The zero-order valence-electron chi connectivity index (χ0n) is 8.79. The number of sulfonamides is 1. The van der Waals surface area contributed by atoms with E-state index in [0.29, 0.717) is 5.76 Å². The van der Waals surface area contributed by atoms with E-state index in [1.54, 1.807) is 33.8 Å². The van der Waals surface area contributed by atoms with E-state index in [9.17, 15) is 8.42 Å². The number of aryl methyl sites for hydroxylation is 1. The minimum atomic E-state index is -3.51. The maximum Gasteiger partial charge on any atom is 0.274 e. The molecule has 0 spiro atoms. The van der Waals surface area contributed by atoms with Crippen molar-refractivity contribution in [2.24, 2.45) is 0 Å². The second-order valence-corrected chi connectivity index (χ2v) is 5.83. The van der Waals surface area contributed by atoms with Gasteiger partial charge in [0.2, 0.25) is 5.09 Å². The van der Waals surface area contributed by atoms with Crippen LogP contribution in [0.15, 0.2) is 21.6 Å². The van der Waals surface area contributed by atoms with Crippen LogP contribution in [-0.2, 0) is 10.0 Å². The van der Waals surface area contributed by atoms with Gasteiger partial charge in [0.25, 0.3) is 10.0 Å². The molecule has 1 heterocycles. The monoisotopic (exact) mass is 217 g/mol. The van der Waals surface area contributed by atoms with Gasteiger partial charge in [0, 0.05) is 5.54 Å². The summed E-state index contributed by atoms with van der Waals surface area (Å²) in [4.78, 5) is 0. The highest BCUT2D eigenvalue weighted by Crippen LogP contribution is 2.15. The third-order valence-electron chi connectivity index (χ3n) is 1.42. The lowest BCUT2D eigenvalue weighted by Crippen LogP contribution is -2.40. The van der Waals surface area contributed by atoms with Crippen molar-refractivity contribution in [3.63, 3.8) is 0 Å². The topological polar surface area (TPSA) is 59.3 Å². The predicted octanol–water partition coefficient (Wildman–Crippen LogP) is 1.66. The molecule has 0 unspecified atom stereocenters. The SMILES string of the molecule is Cc1ccc(S(=O)(=O)NC(C)(C)C)o1. The molecule has 0 fully saturated rings. The lowest BCUT2D eigenvalue weighted by molar-refractivity contribution is 0.413. The largest absolute Gasteiger partial charge is 0.449 e. The molecule has 0 atom stereocenters. The Bertz CT molecular complexity index is 412. The maximum atomic E-state index is 11.7. The van der Waals surface area contributed by atoms with Gasteiger partial charge < -0.3 is 4.42 Å². The molecule has 0 aliphatic heterocycles. The Balaban J connectivity index is 2.98. The van der Waals surface area contributed by atoms with Gasteiger partial charge >= 0.3 is 0 Å². The van der Waals surface area contributed by atoms with E-state index in [4.69, 9.17) is 4.42 Å². The van der Waals surface area contributed by atoms with Crippen molar-refractivity contribution in [2.75, 3.05) is 0 Å². The first-order valence-electron chi connectivity index (χ1n) is 4.31. The third kappa shape index (κ3) is 2.85. The van der Waals surface area contributed by atoms with Gasteiger partial charge in [0.05, 0.1) is 0 Å². The molecule has 14 heavy (non-hydrogen) atoms. The first kappa shape index (κ1) is 11.3. The van der Waals surface area contributed by atoms with Crippen molar-refractivity contribution in [2.45, 2.75) is 38.3 Å². The van der Waals surface area contributed by atoms with Crippen molar-refractivity contribution in [1.29, 1.82) is 0 Å². The summed E-state index contributed by atoms with van der Waals surface area (Å²) >= 11 is 0. The number of furan rings is 1. The van der Waals surface area contributed by atoms with Gasteiger partial charge in [-0.05, 0) is 39.8 Å². The van der Waals surface area contributed by atoms with E-state index in [-0.39, 0.29) is 5.09 Å². The minimum Gasteiger partial charge on any atom is -0.449 e. The van der Waals surface area contributed by atoms with Crippen LogP contribution in [-0.4, -0.2) is 14.0 Å². The Morgan fingerprint density at radius 2 is 1.86 bits per heavy atom. The minimum absolute atomic E-state index is 0.0371. The van der Waals surface area contributed by atoms with Crippen molar-refractivity contribution >= 4 is 10.0 Å². The lowest BCUT2D eigenvalue weighted by Gasteiger charge is -2.18. The summed E-state index contributed by atoms with van der Waals surface area (Å²) in [6.45, 7) is 7.04. The lowest BCUT2D eigenvalue weighted by atomic mass is 10.1. The van der Waals surface area contributed by atoms with Crippen LogP contribution in [0.1, 0.15) is 26.5 Å². The molecule has 0 amide bonds. The predicted molar refractivity (Wildman–Crippen MR) is 53.5 cm³/mol. The van der Waals surface area contributed by atoms with Crippen LogP contribution in [0.4, 0.5) is 0 Å². The Morgan fingerprint density at radius 3 is 2.21 bits per heavy atom. The molecule has 0 saturated carbocycles. The molecule has 1 rings (SSSR count). The second kappa shape index (κ2) is 3.40. The summed E-state index contributed by atoms with van der Waals surface area (Å²) in [6, 6.07) is 3.07. The quantitative estimate of drug-likeness (QED) is 0.819. The van der Waals surface area contributed by atoms with Gasteiger partial charge in [-0.1, -0.05) is 0 Å². The van der Waals surface area contributed by atoms with Gasteiger partial charge in [0.15, 0.2) is 0 Å². The van der Waals surface area contributed by atoms with Crippen LogP contribution in [0, 0.1) is 6.92 Å². The maximum absolute atomic E-state index is 11.7. The van der Waals surface area contributed by atoms with Crippen LogP contribution in [0.3, 0.4) is 0 Å². The number of nitrogens with one attached hydrogen (secondary N) is 1. The Kier molecular flexibility index (Phi) is 2.74. The number of hydrogen-bond acceptors (Lipinski definition) is 3. The molecule has 0 aliphatic rings. The standard InChI is InChI=1S/C9H15NO3S/c1-7-5-6-8(13-7)14(11,12)10-9(2,3)4/h5-6,10H,1-4H3. The molecule has 0 aliphatic carbocycles. The van der Waals surface area contributed by atoms with Crippen LogP contribution >= 0.6 is 0 Å². The van der Waals surface area contributed by atoms with Gasteiger partial charge in [0.1, 0.15) is 5.76 Å². The van der Waals surface area contributed by atoms with Gasteiger partial charge in [-0.25, -0.2) is 13.1 Å². The summed E-state index contributed by atoms with van der Waals surface area (Å²) in [5.41, 5.74) is -0.500. The van der Waals surface area contributed by atoms with E-state index in [2.05, 4.69) is 4.72 Å².